The van der Waals surface area contributed by atoms with Gasteiger partial charge in [-0.2, -0.15) is 0 Å². The van der Waals surface area contributed by atoms with E-state index in [0.717, 1.165) is 42.0 Å². The van der Waals surface area contributed by atoms with Crippen molar-refractivity contribution < 1.29 is 9.53 Å². The summed E-state index contributed by atoms with van der Waals surface area (Å²) in [6.45, 7) is 7.82. The number of nitrogens with zero attached hydrogens (tertiary/aromatic N) is 2. The standard InChI is InChI=1S/C23H29N3O2/c1-4-17(2)19-10-12-20(13-11-19)28-15-7-14-26-22-9-6-5-8-21(22)25-23(26)16-24-18(3)27/h5-6,8-13,17H,4,7,14-16H2,1-3H3,(H,24,27). The minimum atomic E-state index is -0.0530. The minimum Gasteiger partial charge on any atom is -0.494 e. The molecule has 0 aliphatic rings. The quantitative estimate of drug-likeness (QED) is 0.550. The molecular weight excluding hydrogens is 350 g/mol. The number of imidazole rings is 1. The van der Waals surface area contributed by atoms with Gasteiger partial charge in [0, 0.05) is 13.5 Å². The fourth-order valence-electron chi connectivity index (χ4n) is 3.25. The van der Waals surface area contributed by atoms with E-state index in [9.17, 15) is 4.79 Å². The molecule has 0 fully saturated rings. The number of para-hydroxylation sites is 2. The van der Waals surface area contributed by atoms with Gasteiger partial charge < -0.3 is 14.6 Å². The molecule has 1 N–H and O–H groups in total. The van der Waals surface area contributed by atoms with Crippen LogP contribution in [0.5, 0.6) is 5.75 Å². The highest BCUT2D eigenvalue weighted by molar-refractivity contribution is 5.76. The smallest absolute Gasteiger partial charge is 0.217 e. The Morgan fingerprint density at radius 2 is 1.93 bits per heavy atom. The first-order valence-corrected chi connectivity index (χ1v) is 9.99. The van der Waals surface area contributed by atoms with Crippen LogP contribution in [-0.4, -0.2) is 22.1 Å². The van der Waals surface area contributed by atoms with Crippen LogP contribution in [0.2, 0.25) is 0 Å². The van der Waals surface area contributed by atoms with E-state index >= 15 is 0 Å². The van der Waals surface area contributed by atoms with Gasteiger partial charge in [0.2, 0.25) is 5.91 Å². The van der Waals surface area contributed by atoms with Gasteiger partial charge in [0.05, 0.1) is 24.2 Å². The zero-order valence-corrected chi connectivity index (χ0v) is 16.9. The number of aromatic nitrogens is 2. The molecule has 0 saturated carbocycles. The summed E-state index contributed by atoms with van der Waals surface area (Å²) >= 11 is 0. The van der Waals surface area contributed by atoms with E-state index in [1.165, 1.54) is 12.5 Å². The van der Waals surface area contributed by atoms with Gasteiger partial charge in [-0.05, 0) is 48.6 Å². The van der Waals surface area contributed by atoms with Crippen LogP contribution in [0.4, 0.5) is 0 Å². The van der Waals surface area contributed by atoms with Crippen LogP contribution in [0.1, 0.15) is 50.9 Å². The van der Waals surface area contributed by atoms with Crippen LogP contribution in [0, 0.1) is 0 Å². The van der Waals surface area contributed by atoms with Crippen LogP contribution >= 0.6 is 0 Å². The van der Waals surface area contributed by atoms with Gasteiger partial charge >= 0.3 is 0 Å². The molecule has 148 valence electrons. The van der Waals surface area contributed by atoms with Crippen molar-refractivity contribution in [2.75, 3.05) is 6.61 Å². The number of carbonyl (C=O) groups excluding carboxylic acids is 1. The van der Waals surface area contributed by atoms with Gasteiger partial charge in [-0.3, -0.25) is 4.79 Å². The van der Waals surface area contributed by atoms with E-state index in [1.807, 2.05) is 18.2 Å². The van der Waals surface area contributed by atoms with Gasteiger partial charge in [-0.15, -0.1) is 0 Å². The molecule has 3 aromatic rings. The number of benzene rings is 2. The molecular formula is C23H29N3O2. The molecule has 0 radical (unpaired) electrons. The fourth-order valence-corrected chi connectivity index (χ4v) is 3.25. The second-order valence-electron chi connectivity index (χ2n) is 7.16. The lowest BCUT2D eigenvalue weighted by atomic mass is 9.99. The number of ether oxygens (including phenoxy) is 1. The number of hydrogen-bond acceptors (Lipinski definition) is 3. The van der Waals surface area contributed by atoms with Gasteiger partial charge in [0.15, 0.2) is 0 Å². The lowest BCUT2D eigenvalue weighted by Gasteiger charge is -2.12. The van der Waals surface area contributed by atoms with Crippen molar-refractivity contribution in [3.63, 3.8) is 0 Å². The molecule has 0 bridgehead atoms. The Bertz CT molecular complexity index is 915. The molecule has 1 unspecified atom stereocenters. The van der Waals surface area contributed by atoms with Gasteiger partial charge in [0.1, 0.15) is 11.6 Å². The Kier molecular flexibility index (Phi) is 6.69. The summed E-state index contributed by atoms with van der Waals surface area (Å²) in [6.07, 6.45) is 2.00. The Balaban J connectivity index is 1.60. The third-order valence-corrected chi connectivity index (χ3v) is 5.09. The number of hydrogen-bond donors (Lipinski definition) is 1. The van der Waals surface area contributed by atoms with Gasteiger partial charge in [-0.1, -0.05) is 38.1 Å². The zero-order valence-electron chi connectivity index (χ0n) is 16.9. The normalized spacial score (nSPS) is 12.1. The Morgan fingerprint density at radius 1 is 1.18 bits per heavy atom. The lowest BCUT2D eigenvalue weighted by molar-refractivity contribution is -0.119. The summed E-state index contributed by atoms with van der Waals surface area (Å²) in [5.41, 5.74) is 3.38. The molecule has 1 atom stereocenters. The summed E-state index contributed by atoms with van der Waals surface area (Å²) in [6, 6.07) is 16.5. The highest BCUT2D eigenvalue weighted by atomic mass is 16.5. The van der Waals surface area contributed by atoms with Crippen molar-refractivity contribution in [2.45, 2.75) is 52.6 Å². The molecule has 0 aliphatic heterocycles. The van der Waals surface area contributed by atoms with Crippen molar-refractivity contribution in [3.8, 4) is 5.75 Å². The predicted molar refractivity (Wildman–Crippen MR) is 113 cm³/mol. The molecule has 3 rings (SSSR count). The number of amides is 1. The number of rotatable bonds is 9. The second-order valence-corrected chi connectivity index (χ2v) is 7.16. The van der Waals surface area contributed by atoms with E-state index in [4.69, 9.17) is 4.74 Å². The first-order valence-electron chi connectivity index (χ1n) is 9.99. The SMILES string of the molecule is CCC(C)c1ccc(OCCCn2c(CNC(C)=O)nc3ccccc32)cc1. The largest absolute Gasteiger partial charge is 0.494 e. The van der Waals surface area contributed by atoms with E-state index in [1.54, 1.807) is 0 Å². The van der Waals surface area contributed by atoms with Crippen molar-refractivity contribution in [1.82, 2.24) is 14.9 Å². The van der Waals surface area contributed by atoms with Crippen LogP contribution in [-0.2, 0) is 17.9 Å². The summed E-state index contributed by atoms with van der Waals surface area (Å²) in [5, 5.41) is 2.85. The van der Waals surface area contributed by atoms with E-state index in [-0.39, 0.29) is 5.91 Å². The molecule has 1 amide bonds. The molecule has 0 saturated heterocycles. The molecule has 5 nitrogen and oxygen atoms in total. The number of fused-ring (bicyclic) bond motifs is 1. The maximum Gasteiger partial charge on any atom is 0.217 e. The third-order valence-electron chi connectivity index (χ3n) is 5.09. The highest BCUT2D eigenvalue weighted by Gasteiger charge is 2.10. The van der Waals surface area contributed by atoms with Crippen molar-refractivity contribution >= 4 is 16.9 Å². The Hall–Kier alpha value is -2.82. The third kappa shape index (κ3) is 4.91. The summed E-state index contributed by atoms with van der Waals surface area (Å²) in [4.78, 5) is 15.9. The van der Waals surface area contributed by atoms with Crippen LogP contribution in [0.15, 0.2) is 48.5 Å². The predicted octanol–water partition coefficient (Wildman–Crippen LogP) is 4.66. The first-order chi connectivity index (χ1) is 13.6. The molecule has 1 heterocycles. The lowest BCUT2D eigenvalue weighted by Crippen LogP contribution is -2.22. The Morgan fingerprint density at radius 3 is 2.64 bits per heavy atom. The maximum atomic E-state index is 11.3. The molecule has 0 aliphatic carbocycles. The van der Waals surface area contributed by atoms with E-state index in [0.29, 0.717) is 19.1 Å². The zero-order chi connectivity index (χ0) is 19.9. The number of aryl methyl sites for hydroxylation is 1. The molecule has 1 aromatic heterocycles. The van der Waals surface area contributed by atoms with Crippen molar-refractivity contribution in [1.29, 1.82) is 0 Å². The Labute approximate surface area is 166 Å². The monoisotopic (exact) mass is 379 g/mol. The summed E-state index contributed by atoms with van der Waals surface area (Å²) in [7, 11) is 0. The topological polar surface area (TPSA) is 56.1 Å². The molecule has 5 heteroatoms. The second kappa shape index (κ2) is 9.40. The fraction of sp³-hybridized carbons (Fsp3) is 0.391. The van der Waals surface area contributed by atoms with Gasteiger partial charge in [-0.25, -0.2) is 4.98 Å². The number of carbonyl (C=O) groups is 1. The summed E-state index contributed by atoms with van der Waals surface area (Å²) in [5.74, 6) is 2.30. The molecule has 2 aromatic carbocycles. The minimum absolute atomic E-state index is 0.0530. The van der Waals surface area contributed by atoms with Crippen molar-refractivity contribution in [3.05, 3.63) is 59.9 Å². The molecule has 0 spiro atoms. The average molecular weight is 380 g/mol. The molecule has 28 heavy (non-hydrogen) atoms. The highest BCUT2D eigenvalue weighted by Crippen LogP contribution is 2.22. The maximum absolute atomic E-state index is 11.3. The van der Waals surface area contributed by atoms with Crippen LogP contribution < -0.4 is 10.1 Å². The van der Waals surface area contributed by atoms with Crippen LogP contribution in [0.25, 0.3) is 11.0 Å². The van der Waals surface area contributed by atoms with Crippen molar-refractivity contribution in [2.24, 2.45) is 0 Å². The van der Waals surface area contributed by atoms with E-state index < -0.39 is 0 Å². The first kappa shape index (κ1) is 19.9. The van der Waals surface area contributed by atoms with Gasteiger partial charge in [0.25, 0.3) is 0 Å². The average Bonchev–Trinajstić information content (AvgIpc) is 3.07. The summed E-state index contributed by atoms with van der Waals surface area (Å²) < 4.78 is 8.09. The number of nitrogens with one attached hydrogen (secondary N) is 1. The van der Waals surface area contributed by atoms with Crippen LogP contribution in [0.3, 0.4) is 0 Å². The van der Waals surface area contributed by atoms with E-state index in [2.05, 4.69) is 59.0 Å².